The van der Waals surface area contributed by atoms with Gasteiger partial charge in [0.15, 0.2) is 11.0 Å². The topological polar surface area (TPSA) is 64.7 Å². The summed E-state index contributed by atoms with van der Waals surface area (Å²) in [6.07, 6.45) is 2.14. The molecular weight excluding hydrogens is 406 g/mol. The second kappa shape index (κ2) is 8.98. The highest BCUT2D eigenvalue weighted by molar-refractivity contribution is 7.99. The highest BCUT2D eigenvalue weighted by Crippen LogP contribution is 2.31. The van der Waals surface area contributed by atoms with Crippen LogP contribution < -0.4 is 5.32 Å². The van der Waals surface area contributed by atoms with Gasteiger partial charge in [0.1, 0.15) is 0 Å². The third kappa shape index (κ3) is 4.23. The number of rotatable bonds is 7. The van der Waals surface area contributed by atoms with Crippen molar-refractivity contribution in [3.8, 4) is 11.4 Å². The molecule has 1 N–H and O–H groups in total. The fourth-order valence-electron chi connectivity index (χ4n) is 3.71. The summed E-state index contributed by atoms with van der Waals surface area (Å²) < 4.78 is 4.30. The van der Waals surface area contributed by atoms with Crippen LogP contribution in [0, 0.1) is 13.8 Å². The number of benzene rings is 2. The van der Waals surface area contributed by atoms with Crippen LogP contribution in [-0.2, 0) is 17.9 Å². The summed E-state index contributed by atoms with van der Waals surface area (Å²) in [5.41, 5.74) is 5.44. The van der Waals surface area contributed by atoms with Gasteiger partial charge in [-0.05, 0) is 57.0 Å². The van der Waals surface area contributed by atoms with E-state index in [1.807, 2.05) is 31.2 Å². The van der Waals surface area contributed by atoms with Gasteiger partial charge in [0.25, 0.3) is 0 Å². The van der Waals surface area contributed by atoms with E-state index in [0.717, 1.165) is 46.3 Å². The van der Waals surface area contributed by atoms with Crippen molar-refractivity contribution in [3.63, 3.8) is 0 Å². The standard InChI is InChI=1S/C24H27N5OS/c1-5-28-14-20(19-9-7-8-10-21(19)28)23-26-27-24(29(23)6-2)31-15-22(30)25-18-12-11-16(3)17(4)13-18/h7-14H,5-6,15H2,1-4H3,(H,25,30). The van der Waals surface area contributed by atoms with Crippen LogP contribution in [-0.4, -0.2) is 31.0 Å². The molecule has 2 aromatic heterocycles. The number of aryl methyl sites for hydroxylation is 3. The van der Waals surface area contributed by atoms with Crippen molar-refractivity contribution >= 4 is 34.3 Å². The van der Waals surface area contributed by atoms with Crippen molar-refractivity contribution in [3.05, 3.63) is 59.8 Å². The largest absolute Gasteiger partial charge is 0.347 e. The van der Waals surface area contributed by atoms with Crippen molar-refractivity contribution in [2.75, 3.05) is 11.1 Å². The molecule has 2 heterocycles. The van der Waals surface area contributed by atoms with E-state index in [1.165, 1.54) is 22.8 Å². The molecule has 0 fully saturated rings. The molecule has 160 valence electrons. The van der Waals surface area contributed by atoms with E-state index in [0.29, 0.717) is 0 Å². The first-order valence-electron chi connectivity index (χ1n) is 10.5. The van der Waals surface area contributed by atoms with Crippen molar-refractivity contribution in [1.82, 2.24) is 19.3 Å². The third-order valence-electron chi connectivity index (χ3n) is 5.53. The molecule has 0 aliphatic rings. The van der Waals surface area contributed by atoms with E-state index in [1.54, 1.807) is 0 Å². The van der Waals surface area contributed by atoms with Crippen LogP contribution in [0.15, 0.2) is 53.8 Å². The number of fused-ring (bicyclic) bond motifs is 1. The quantitative estimate of drug-likeness (QED) is 0.402. The Bertz CT molecular complexity index is 1240. The predicted octanol–water partition coefficient (Wildman–Crippen LogP) is 5.29. The Morgan fingerprint density at radius 1 is 1.03 bits per heavy atom. The Morgan fingerprint density at radius 2 is 1.84 bits per heavy atom. The van der Waals surface area contributed by atoms with Gasteiger partial charge in [0, 0.05) is 41.4 Å². The SMILES string of the molecule is CCn1c(SCC(=O)Nc2ccc(C)c(C)c2)nnc1-c1cn(CC)c2ccccc12. The summed E-state index contributed by atoms with van der Waals surface area (Å²) in [5, 5.41) is 13.8. The summed E-state index contributed by atoms with van der Waals surface area (Å²) in [7, 11) is 0. The summed E-state index contributed by atoms with van der Waals surface area (Å²) in [6.45, 7) is 9.93. The van der Waals surface area contributed by atoms with Crippen molar-refractivity contribution in [1.29, 1.82) is 0 Å². The van der Waals surface area contributed by atoms with Crippen LogP contribution in [0.5, 0.6) is 0 Å². The van der Waals surface area contributed by atoms with Crippen LogP contribution in [0.1, 0.15) is 25.0 Å². The zero-order valence-electron chi connectivity index (χ0n) is 18.3. The monoisotopic (exact) mass is 433 g/mol. The number of amides is 1. The first-order chi connectivity index (χ1) is 15.0. The normalized spacial score (nSPS) is 11.2. The molecule has 0 aliphatic carbocycles. The van der Waals surface area contributed by atoms with E-state index >= 15 is 0 Å². The number of anilines is 1. The highest BCUT2D eigenvalue weighted by atomic mass is 32.2. The number of nitrogens with one attached hydrogen (secondary N) is 1. The Labute approximate surface area is 186 Å². The molecule has 2 aromatic carbocycles. The molecule has 6 nitrogen and oxygen atoms in total. The van der Waals surface area contributed by atoms with Gasteiger partial charge in [-0.3, -0.25) is 4.79 Å². The number of aromatic nitrogens is 4. The molecule has 31 heavy (non-hydrogen) atoms. The number of carbonyl (C=O) groups is 1. The average molecular weight is 434 g/mol. The van der Waals surface area contributed by atoms with E-state index in [2.05, 4.69) is 69.8 Å². The van der Waals surface area contributed by atoms with Gasteiger partial charge in [-0.1, -0.05) is 36.0 Å². The summed E-state index contributed by atoms with van der Waals surface area (Å²) in [5.74, 6) is 1.06. The lowest BCUT2D eigenvalue weighted by atomic mass is 10.1. The van der Waals surface area contributed by atoms with Gasteiger partial charge >= 0.3 is 0 Å². The maximum atomic E-state index is 12.5. The fraction of sp³-hybridized carbons (Fsp3) is 0.292. The molecule has 7 heteroatoms. The van der Waals surface area contributed by atoms with Crippen LogP contribution in [0.2, 0.25) is 0 Å². The minimum atomic E-state index is -0.0527. The van der Waals surface area contributed by atoms with E-state index in [4.69, 9.17) is 0 Å². The molecular formula is C24H27N5OS. The number of nitrogens with zero attached hydrogens (tertiary/aromatic N) is 4. The second-order valence-electron chi connectivity index (χ2n) is 7.53. The summed E-state index contributed by atoms with van der Waals surface area (Å²) in [4.78, 5) is 12.5. The molecule has 4 aromatic rings. The molecule has 0 radical (unpaired) electrons. The molecule has 0 aliphatic heterocycles. The summed E-state index contributed by atoms with van der Waals surface area (Å²) >= 11 is 1.41. The Morgan fingerprint density at radius 3 is 2.58 bits per heavy atom. The zero-order valence-corrected chi connectivity index (χ0v) is 19.2. The smallest absolute Gasteiger partial charge is 0.234 e. The predicted molar refractivity (Wildman–Crippen MR) is 128 cm³/mol. The van der Waals surface area contributed by atoms with Crippen molar-refractivity contribution in [2.45, 2.75) is 45.9 Å². The number of hydrogen-bond donors (Lipinski definition) is 1. The van der Waals surface area contributed by atoms with E-state index in [-0.39, 0.29) is 11.7 Å². The third-order valence-corrected chi connectivity index (χ3v) is 6.49. The Balaban J connectivity index is 1.54. The van der Waals surface area contributed by atoms with Gasteiger partial charge in [0.2, 0.25) is 5.91 Å². The van der Waals surface area contributed by atoms with Gasteiger partial charge in [-0.15, -0.1) is 10.2 Å². The van der Waals surface area contributed by atoms with Gasteiger partial charge < -0.3 is 14.5 Å². The molecule has 0 saturated carbocycles. The maximum absolute atomic E-state index is 12.5. The number of thioether (sulfide) groups is 1. The van der Waals surface area contributed by atoms with Crippen molar-refractivity contribution < 1.29 is 4.79 Å². The highest BCUT2D eigenvalue weighted by Gasteiger charge is 2.18. The van der Waals surface area contributed by atoms with Crippen LogP contribution in [0.3, 0.4) is 0 Å². The molecule has 0 unspecified atom stereocenters. The lowest BCUT2D eigenvalue weighted by Crippen LogP contribution is -2.14. The lowest BCUT2D eigenvalue weighted by molar-refractivity contribution is -0.113. The molecule has 0 bridgehead atoms. The van der Waals surface area contributed by atoms with Crippen LogP contribution in [0.4, 0.5) is 5.69 Å². The summed E-state index contributed by atoms with van der Waals surface area (Å²) in [6, 6.07) is 14.3. The molecule has 1 amide bonds. The van der Waals surface area contributed by atoms with Gasteiger partial charge in [-0.2, -0.15) is 0 Å². The van der Waals surface area contributed by atoms with Gasteiger partial charge in [-0.25, -0.2) is 0 Å². The first kappa shape index (κ1) is 21.2. The minimum absolute atomic E-state index is 0.0527. The Hall–Kier alpha value is -3.06. The van der Waals surface area contributed by atoms with E-state index in [9.17, 15) is 4.79 Å². The first-order valence-corrected chi connectivity index (χ1v) is 11.5. The Kier molecular flexibility index (Phi) is 6.13. The second-order valence-corrected chi connectivity index (χ2v) is 8.47. The van der Waals surface area contributed by atoms with E-state index < -0.39 is 0 Å². The number of hydrogen-bond acceptors (Lipinski definition) is 4. The number of carbonyl (C=O) groups excluding carboxylic acids is 1. The van der Waals surface area contributed by atoms with Crippen molar-refractivity contribution in [2.24, 2.45) is 0 Å². The lowest BCUT2D eigenvalue weighted by Gasteiger charge is -2.09. The molecule has 4 rings (SSSR count). The maximum Gasteiger partial charge on any atom is 0.234 e. The minimum Gasteiger partial charge on any atom is -0.347 e. The molecule has 0 atom stereocenters. The zero-order chi connectivity index (χ0) is 22.0. The van der Waals surface area contributed by atoms with Crippen LogP contribution in [0.25, 0.3) is 22.3 Å². The van der Waals surface area contributed by atoms with Crippen LogP contribution >= 0.6 is 11.8 Å². The molecule has 0 saturated heterocycles. The molecule has 0 spiro atoms. The number of para-hydroxylation sites is 1. The fourth-order valence-corrected chi connectivity index (χ4v) is 4.52. The average Bonchev–Trinajstić information content (AvgIpc) is 3.35. The van der Waals surface area contributed by atoms with Gasteiger partial charge in [0.05, 0.1) is 5.75 Å².